The third-order valence-electron chi connectivity index (χ3n) is 4.44. The summed E-state index contributed by atoms with van der Waals surface area (Å²) in [7, 11) is 4.02. The van der Waals surface area contributed by atoms with Gasteiger partial charge in [0.15, 0.2) is 11.1 Å². The Labute approximate surface area is 165 Å². The highest BCUT2D eigenvalue weighted by atomic mass is 32.1. The van der Waals surface area contributed by atoms with E-state index < -0.39 is 0 Å². The Bertz CT molecular complexity index is 723. The molecule has 3 rings (SSSR count). The second-order valence-corrected chi connectivity index (χ2v) is 7.64. The average Bonchev–Trinajstić information content (AvgIpc) is 3.16. The lowest BCUT2D eigenvalue weighted by Crippen LogP contribution is -2.47. The van der Waals surface area contributed by atoms with E-state index in [0.29, 0.717) is 6.54 Å². The number of thiazole rings is 1. The molecule has 1 aromatic heterocycles. The third kappa shape index (κ3) is 5.60. The molecule has 0 radical (unpaired) electrons. The number of likely N-dealkylation sites (tertiary alicyclic amines) is 1. The molecule has 27 heavy (non-hydrogen) atoms. The minimum Gasteiger partial charge on any atom is -0.490 e. The second kappa shape index (κ2) is 9.60. The van der Waals surface area contributed by atoms with Gasteiger partial charge in [0, 0.05) is 52.0 Å². The summed E-state index contributed by atoms with van der Waals surface area (Å²) in [5.41, 5.74) is 1.02. The Morgan fingerprint density at radius 2 is 2.04 bits per heavy atom. The zero-order chi connectivity index (χ0) is 19.1. The summed E-state index contributed by atoms with van der Waals surface area (Å²) in [4.78, 5) is 13.8. The summed E-state index contributed by atoms with van der Waals surface area (Å²) in [5, 5.41) is 6.52. The summed E-state index contributed by atoms with van der Waals surface area (Å²) >= 11 is 1.65. The largest absolute Gasteiger partial charge is 0.490 e. The van der Waals surface area contributed by atoms with Crippen molar-refractivity contribution in [1.29, 1.82) is 0 Å². The van der Waals surface area contributed by atoms with Crippen LogP contribution in [0.15, 0.2) is 40.7 Å². The number of nitrogens with one attached hydrogen (secondary N) is 1. The van der Waals surface area contributed by atoms with Gasteiger partial charge in [0.25, 0.3) is 0 Å². The fraction of sp³-hybridized carbons (Fsp3) is 0.500. The van der Waals surface area contributed by atoms with Gasteiger partial charge in [0.1, 0.15) is 11.9 Å². The molecule has 1 N–H and O–H groups in total. The molecule has 1 fully saturated rings. The van der Waals surface area contributed by atoms with Gasteiger partial charge in [-0.15, -0.1) is 11.3 Å². The van der Waals surface area contributed by atoms with Crippen LogP contribution in [-0.2, 0) is 6.54 Å². The normalized spacial score (nSPS) is 15.7. The SMILES string of the molecule is CCNC(=NCc1csc(N(C)C)n1)N1CCC(Oc2ccccc2)CC1. The van der Waals surface area contributed by atoms with Crippen LogP contribution in [0.4, 0.5) is 5.13 Å². The van der Waals surface area contributed by atoms with Gasteiger partial charge in [0.2, 0.25) is 0 Å². The van der Waals surface area contributed by atoms with E-state index in [2.05, 4.69) is 27.5 Å². The number of ether oxygens (including phenoxy) is 1. The highest BCUT2D eigenvalue weighted by Crippen LogP contribution is 2.20. The first kappa shape index (κ1) is 19.5. The van der Waals surface area contributed by atoms with E-state index in [-0.39, 0.29) is 6.10 Å². The van der Waals surface area contributed by atoms with Crippen molar-refractivity contribution in [3.8, 4) is 5.75 Å². The van der Waals surface area contributed by atoms with Crippen LogP contribution in [-0.4, -0.2) is 55.7 Å². The number of guanidine groups is 1. The maximum Gasteiger partial charge on any atom is 0.194 e. The van der Waals surface area contributed by atoms with Crippen molar-refractivity contribution < 1.29 is 4.74 Å². The molecule has 0 bridgehead atoms. The van der Waals surface area contributed by atoms with E-state index in [0.717, 1.165) is 55.0 Å². The number of hydrogen-bond acceptors (Lipinski definition) is 5. The Kier molecular flexibility index (Phi) is 6.92. The maximum absolute atomic E-state index is 6.10. The molecule has 0 atom stereocenters. The number of rotatable bonds is 6. The molecule has 2 aromatic rings. The van der Waals surface area contributed by atoms with E-state index in [1.54, 1.807) is 11.3 Å². The van der Waals surface area contributed by atoms with E-state index in [1.165, 1.54) is 0 Å². The number of nitrogens with zero attached hydrogens (tertiary/aromatic N) is 4. The molecule has 2 heterocycles. The van der Waals surface area contributed by atoms with Gasteiger partial charge in [-0.3, -0.25) is 0 Å². The Hall–Kier alpha value is -2.28. The van der Waals surface area contributed by atoms with Gasteiger partial charge < -0.3 is 19.9 Å². The molecule has 0 saturated carbocycles. The lowest BCUT2D eigenvalue weighted by Gasteiger charge is -2.34. The Balaban J connectivity index is 1.55. The van der Waals surface area contributed by atoms with Crippen molar-refractivity contribution in [1.82, 2.24) is 15.2 Å². The van der Waals surface area contributed by atoms with Gasteiger partial charge in [0.05, 0.1) is 12.2 Å². The molecule has 0 amide bonds. The zero-order valence-electron chi connectivity index (χ0n) is 16.4. The Morgan fingerprint density at radius 3 is 2.67 bits per heavy atom. The molecule has 146 valence electrons. The van der Waals surface area contributed by atoms with Crippen molar-refractivity contribution in [3.05, 3.63) is 41.4 Å². The fourth-order valence-electron chi connectivity index (χ4n) is 3.03. The number of hydrogen-bond donors (Lipinski definition) is 1. The lowest BCUT2D eigenvalue weighted by molar-refractivity contribution is 0.129. The predicted octanol–water partition coefficient (Wildman–Crippen LogP) is 3.22. The van der Waals surface area contributed by atoms with Crippen LogP contribution in [0.25, 0.3) is 0 Å². The van der Waals surface area contributed by atoms with Crippen LogP contribution in [0.2, 0.25) is 0 Å². The van der Waals surface area contributed by atoms with Gasteiger partial charge in [-0.25, -0.2) is 9.98 Å². The Morgan fingerprint density at radius 1 is 1.30 bits per heavy atom. The quantitative estimate of drug-likeness (QED) is 0.609. The standard InChI is InChI=1S/C20H29N5OS/c1-4-21-19(22-14-16-15-27-20(23-16)24(2)3)25-12-10-18(11-13-25)26-17-8-6-5-7-9-17/h5-9,15,18H,4,10-14H2,1-3H3,(H,21,22). The fourth-order valence-corrected chi connectivity index (χ4v) is 3.78. The molecule has 7 heteroatoms. The van der Waals surface area contributed by atoms with E-state index in [4.69, 9.17) is 9.73 Å². The number of anilines is 1. The average molecular weight is 388 g/mol. The molecular weight excluding hydrogens is 358 g/mol. The number of piperidine rings is 1. The summed E-state index contributed by atoms with van der Waals surface area (Å²) < 4.78 is 6.10. The van der Waals surface area contributed by atoms with Gasteiger partial charge in [-0.2, -0.15) is 0 Å². The monoisotopic (exact) mass is 387 g/mol. The summed E-state index contributed by atoms with van der Waals surface area (Å²) in [6, 6.07) is 10.1. The first-order valence-corrected chi connectivity index (χ1v) is 10.4. The van der Waals surface area contributed by atoms with Crippen molar-refractivity contribution in [2.24, 2.45) is 4.99 Å². The second-order valence-electron chi connectivity index (χ2n) is 6.80. The smallest absolute Gasteiger partial charge is 0.194 e. The first-order chi connectivity index (χ1) is 13.2. The first-order valence-electron chi connectivity index (χ1n) is 9.52. The van der Waals surface area contributed by atoms with Crippen molar-refractivity contribution in [2.45, 2.75) is 32.4 Å². The van der Waals surface area contributed by atoms with Crippen LogP contribution < -0.4 is 15.0 Å². The number of aromatic nitrogens is 1. The lowest BCUT2D eigenvalue weighted by atomic mass is 10.1. The van der Waals surface area contributed by atoms with Gasteiger partial charge in [-0.1, -0.05) is 18.2 Å². The minimum atomic E-state index is 0.271. The van der Waals surface area contributed by atoms with Crippen molar-refractivity contribution in [2.75, 3.05) is 38.6 Å². The summed E-state index contributed by atoms with van der Waals surface area (Å²) in [5.74, 6) is 1.92. The van der Waals surface area contributed by atoms with E-state index in [9.17, 15) is 0 Å². The van der Waals surface area contributed by atoms with Gasteiger partial charge in [-0.05, 0) is 19.1 Å². The van der Waals surface area contributed by atoms with Crippen molar-refractivity contribution >= 4 is 22.4 Å². The van der Waals surface area contributed by atoms with E-state index in [1.807, 2.05) is 49.3 Å². The summed E-state index contributed by atoms with van der Waals surface area (Å²) in [6.07, 6.45) is 2.27. The van der Waals surface area contributed by atoms with Crippen LogP contribution >= 0.6 is 11.3 Å². The van der Waals surface area contributed by atoms with Crippen LogP contribution in [0.3, 0.4) is 0 Å². The number of benzene rings is 1. The predicted molar refractivity (Wildman–Crippen MR) is 113 cm³/mol. The molecule has 0 unspecified atom stereocenters. The minimum absolute atomic E-state index is 0.271. The highest BCUT2D eigenvalue weighted by Gasteiger charge is 2.22. The molecule has 6 nitrogen and oxygen atoms in total. The molecule has 1 saturated heterocycles. The van der Waals surface area contributed by atoms with Crippen molar-refractivity contribution in [3.63, 3.8) is 0 Å². The van der Waals surface area contributed by atoms with Gasteiger partial charge >= 0.3 is 0 Å². The van der Waals surface area contributed by atoms with E-state index >= 15 is 0 Å². The molecule has 1 aliphatic rings. The van der Waals surface area contributed by atoms with Crippen LogP contribution in [0.5, 0.6) is 5.75 Å². The topological polar surface area (TPSA) is 53.0 Å². The van der Waals surface area contributed by atoms with Crippen LogP contribution in [0.1, 0.15) is 25.5 Å². The number of aliphatic imine (C=N–C) groups is 1. The van der Waals surface area contributed by atoms with Crippen LogP contribution in [0, 0.1) is 0 Å². The number of para-hydroxylation sites is 1. The maximum atomic E-state index is 6.10. The summed E-state index contributed by atoms with van der Waals surface area (Å²) in [6.45, 7) is 5.47. The molecule has 0 aliphatic carbocycles. The zero-order valence-corrected chi connectivity index (χ0v) is 17.2. The third-order valence-corrected chi connectivity index (χ3v) is 5.49. The highest BCUT2D eigenvalue weighted by molar-refractivity contribution is 7.13. The molecule has 1 aromatic carbocycles. The molecule has 0 spiro atoms. The molecular formula is C20H29N5OS. The molecule has 1 aliphatic heterocycles.